The highest BCUT2D eigenvalue weighted by Crippen LogP contribution is 2.08. The Morgan fingerprint density at radius 1 is 1.37 bits per heavy atom. The number of nitrogens with zero attached hydrogens (tertiary/aromatic N) is 3. The molecule has 150 valence electrons. The normalized spacial score (nSPS) is 18.2. The molecule has 0 aliphatic carbocycles. The molecule has 7 heteroatoms. The summed E-state index contributed by atoms with van der Waals surface area (Å²) in [7, 11) is 5.64. The van der Waals surface area contributed by atoms with Crippen LogP contribution in [0.4, 0.5) is 0 Å². The summed E-state index contributed by atoms with van der Waals surface area (Å²) < 4.78 is 5.77. The third kappa shape index (κ3) is 7.19. The summed E-state index contributed by atoms with van der Waals surface area (Å²) in [4.78, 5) is 20.6. The maximum atomic E-state index is 12.1. The van der Waals surface area contributed by atoms with Gasteiger partial charge in [0, 0.05) is 45.8 Å². The Hall–Kier alpha value is -2.12. The standard InChI is InChI=1S/C20H33N5O2/c1-5-21-20(23-14-18-15-25(4)11-12-27-18)22-10-9-16-7-6-8-17(13-16)19(26)24(2)3/h6-8,13,18H,5,9-12,14-15H2,1-4H3,(H2,21,22,23). The summed E-state index contributed by atoms with van der Waals surface area (Å²) in [5.41, 5.74) is 1.85. The number of rotatable bonds is 7. The molecule has 1 atom stereocenters. The van der Waals surface area contributed by atoms with Crippen LogP contribution in [0.15, 0.2) is 29.3 Å². The summed E-state index contributed by atoms with van der Waals surface area (Å²) in [5.74, 6) is 0.826. The fourth-order valence-corrected chi connectivity index (χ4v) is 2.96. The number of nitrogens with one attached hydrogen (secondary N) is 2. The number of carbonyl (C=O) groups excluding carboxylic acids is 1. The lowest BCUT2D eigenvalue weighted by Crippen LogP contribution is -2.43. The van der Waals surface area contributed by atoms with Gasteiger partial charge in [-0.25, -0.2) is 0 Å². The van der Waals surface area contributed by atoms with Crippen LogP contribution in [-0.2, 0) is 11.2 Å². The highest BCUT2D eigenvalue weighted by atomic mass is 16.5. The summed E-state index contributed by atoms with van der Waals surface area (Å²) in [6.45, 7) is 6.91. The van der Waals surface area contributed by atoms with Gasteiger partial charge in [0.15, 0.2) is 5.96 Å². The zero-order valence-electron chi connectivity index (χ0n) is 17.0. The largest absolute Gasteiger partial charge is 0.374 e. The van der Waals surface area contributed by atoms with Gasteiger partial charge in [-0.2, -0.15) is 0 Å². The number of guanidine groups is 1. The minimum atomic E-state index is 0.0251. The Bertz CT molecular complexity index is 633. The van der Waals surface area contributed by atoms with Crippen LogP contribution in [0.25, 0.3) is 0 Å². The molecule has 1 aromatic carbocycles. The van der Waals surface area contributed by atoms with E-state index in [9.17, 15) is 4.79 Å². The molecule has 0 radical (unpaired) electrons. The number of morpholine rings is 1. The summed E-state index contributed by atoms with van der Waals surface area (Å²) in [5, 5.41) is 6.64. The van der Waals surface area contributed by atoms with Crippen LogP contribution >= 0.6 is 0 Å². The Kier molecular flexibility index (Phi) is 8.54. The van der Waals surface area contributed by atoms with Gasteiger partial charge in [-0.05, 0) is 38.1 Å². The lowest BCUT2D eigenvalue weighted by molar-refractivity contribution is -0.0136. The molecule has 1 heterocycles. The second-order valence-corrected chi connectivity index (χ2v) is 7.05. The van der Waals surface area contributed by atoms with Gasteiger partial charge < -0.3 is 25.2 Å². The number of benzene rings is 1. The van der Waals surface area contributed by atoms with Gasteiger partial charge in [-0.1, -0.05) is 12.1 Å². The van der Waals surface area contributed by atoms with Crippen molar-refractivity contribution in [1.29, 1.82) is 0 Å². The third-order valence-corrected chi connectivity index (χ3v) is 4.43. The van der Waals surface area contributed by atoms with Crippen molar-refractivity contribution in [2.45, 2.75) is 19.4 Å². The quantitative estimate of drug-likeness (QED) is 0.545. The van der Waals surface area contributed by atoms with Gasteiger partial charge in [-0.3, -0.25) is 9.79 Å². The van der Waals surface area contributed by atoms with Crippen molar-refractivity contribution in [3.63, 3.8) is 0 Å². The predicted octanol–water partition coefficient (Wildman–Crippen LogP) is 0.817. The molecule has 1 saturated heterocycles. The maximum absolute atomic E-state index is 12.1. The van der Waals surface area contributed by atoms with Gasteiger partial charge in [-0.15, -0.1) is 0 Å². The van der Waals surface area contributed by atoms with Crippen molar-refractivity contribution < 1.29 is 9.53 Å². The monoisotopic (exact) mass is 375 g/mol. The summed E-state index contributed by atoms with van der Waals surface area (Å²) in [6, 6.07) is 7.79. The number of ether oxygens (including phenoxy) is 1. The molecule has 1 aromatic rings. The van der Waals surface area contributed by atoms with Crippen LogP contribution in [0.3, 0.4) is 0 Å². The molecule has 0 saturated carbocycles. The molecule has 2 N–H and O–H groups in total. The topological polar surface area (TPSA) is 69.2 Å². The lowest BCUT2D eigenvalue weighted by Gasteiger charge is -2.29. The van der Waals surface area contributed by atoms with E-state index in [0.717, 1.165) is 56.3 Å². The first kappa shape index (κ1) is 21.2. The van der Waals surface area contributed by atoms with Crippen LogP contribution in [0.2, 0.25) is 0 Å². The van der Waals surface area contributed by atoms with E-state index in [0.29, 0.717) is 6.54 Å². The minimum Gasteiger partial charge on any atom is -0.374 e. The maximum Gasteiger partial charge on any atom is 0.253 e. The number of amides is 1. The van der Waals surface area contributed by atoms with Crippen molar-refractivity contribution >= 4 is 11.9 Å². The molecule has 1 amide bonds. The third-order valence-electron chi connectivity index (χ3n) is 4.43. The van der Waals surface area contributed by atoms with E-state index in [1.165, 1.54) is 0 Å². The van der Waals surface area contributed by atoms with E-state index in [1.807, 2.05) is 24.3 Å². The second-order valence-electron chi connectivity index (χ2n) is 7.05. The SMILES string of the molecule is CCNC(=NCC1CN(C)CCO1)NCCc1cccc(C(=O)N(C)C)c1. The van der Waals surface area contributed by atoms with Crippen molar-refractivity contribution in [3.8, 4) is 0 Å². The summed E-state index contributed by atoms with van der Waals surface area (Å²) >= 11 is 0. The minimum absolute atomic E-state index is 0.0251. The van der Waals surface area contributed by atoms with E-state index in [-0.39, 0.29) is 12.0 Å². The number of likely N-dealkylation sites (N-methyl/N-ethyl adjacent to an activating group) is 1. The fourth-order valence-electron chi connectivity index (χ4n) is 2.96. The van der Waals surface area contributed by atoms with Gasteiger partial charge in [0.2, 0.25) is 0 Å². The van der Waals surface area contributed by atoms with Gasteiger partial charge in [0.25, 0.3) is 5.91 Å². The second kappa shape index (κ2) is 10.9. The molecule has 0 spiro atoms. The first-order valence-corrected chi connectivity index (χ1v) is 9.62. The van der Waals surface area contributed by atoms with E-state index in [1.54, 1.807) is 19.0 Å². The Morgan fingerprint density at radius 3 is 2.89 bits per heavy atom. The summed E-state index contributed by atoms with van der Waals surface area (Å²) in [6.07, 6.45) is 0.967. The van der Waals surface area contributed by atoms with Crippen LogP contribution < -0.4 is 10.6 Å². The van der Waals surface area contributed by atoms with Crippen LogP contribution in [-0.4, -0.2) is 88.2 Å². The molecule has 0 aromatic heterocycles. The highest BCUT2D eigenvalue weighted by molar-refractivity contribution is 5.94. The zero-order valence-corrected chi connectivity index (χ0v) is 17.0. The Balaban J connectivity index is 1.86. The smallest absolute Gasteiger partial charge is 0.253 e. The van der Waals surface area contributed by atoms with E-state index in [2.05, 4.69) is 34.5 Å². The molecule has 1 aliphatic rings. The van der Waals surface area contributed by atoms with Crippen LogP contribution in [0.5, 0.6) is 0 Å². The predicted molar refractivity (Wildman–Crippen MR) is 109 cm³/mol. The van der Waals surface area contributed by atoms with Crippen molar-refractivity contribution in [2.75, 3.05) is 60.5 Å². The number of hydrogen-bond acceptors (Lipinski definition) is 4. The van der Waals surface area contributed by atoms with Crippen LogP contribution in [0, 0.1) is 0 Å². The molecule has 0 bridgehead atoms. The van der Waals surface area contributed by atoms with Crippen molar-refractivity contribution in [2.24, 2.45) is 4.99 Å². The Morgan fingerprint density at radius 2 is 2.19 bits per heavy atom. The molecular weight excluding hydrogens is 342 g/mol. The van der Waals surface area contributed by atoms with E-state index >= 15 is 0 Å². The molecule has 27 heavy (non-hydrogen) atoms. The van der Waals surface area contributed by atoms with Gasteiger partial charge in [0.1, 0.15) is 0 Å². The number of hydrogen-bond donors (Lipinski definition) is 2. The molecule has 1 fully saturated rings. The fraction of sp³-hybridized carbons (Fsp3) is 0.600. The van der Waals surface area contributed by atoms with Gasteiger partial charge in [0.05, 0.1) is 19.3 Å². The molecule has 1 aliphatic heterocycles. The van der Waals surface area contributed by atoms with Crippen LogP contribution in [0.1, 0.15) is 22.8 Å². The average Bonchev–Trinajstić information content (AvgIpc) is 2.65. The zero-order chi connectivity index (χ0) is 19.6. The van der Waals surface area contributed by atoms with E-state index < -0.39 is 0 Å². The molecule has 1 unspecified atom stereocenters. The Labute approximate surface area is 162 Å². The average molecular weight is 376 g/mol. The van der Waals surface area contributed by atoms with Crippen molar-refractivity contribution in [3.05, 3.63) is 35.4 Å². The van der Waals surface area contributed by atoms with Gasteiger partial charge >= 0.3 is 0 Å². The van der Waals surface area contributed by atoms with E-state index in [4.69, 9.17) is 4.74 Å². The first-order valence-electron chi connectivity index (χ1n) is 9.62. The number of aliphatic imine (C=N–C) groups is 1. The lowest BCUT2D eigenvalue weighted by atomic mass is 10.1. The molecule has 2 rings (SSSR count). The molecular formula is C20H33N5O2. The molecule has 7 nitrogen and oxygen atoms in total. The van der Waals surface area contributed by atoms with Crippen molar-refractivity contribution in [1.82, 2.24) is 20.4 Å². The first-order chi connectivity index (χ1) is 13.0. The number of carbonyl (C=O) groups is 1. The highest BCUT2D eigenvalue weighted by Gasteiger charge is 2.17.